The van der Waals surface area contributed by atoms with Crippen LogP contribution in [0.4, 0.5) is 9.18 Å². The van der Waals surface area contributed by atoms with Crippen molar-refractivity contribution in [2.45, 2.75) is 56.4 Å². The molecule has 4 saturated heterocycles. The first-order chi connectivity index (χ1) is 16.3. The standard InChI is InChI=1S/C24H33FN4O4S/c25-21-5-2-1-4-18(21)16-34(32,33)26-20-8-10-27(11-9-20)24(31)28-13-17-12-19(15-28)22-6-3-7-23(30)29(22)14-17/h1-2,4-5,17,19-20,22,26H,3,6-16H2/t17-,19-,22-/m1/s1. The van der Waals surface area contributed by atoms with Crippen molar-refractivity contribution in [3.63, 3.8) is 0 Å². The van der Waals surface area contributed by atoms with Crippen molar-refractivity contribution >= 4 is 22.0 Å². The second kappa shape index (κ2) is 9.45. The van der Waals surface area contributed by atoms with Gasteiger partial charge in [0.25, 0.3) is 0 Å². The highest BCUT2D eigenvalue weighted by atomic mass is 32.2. The minimum absolute atomic E-state index is 0.0259. The zero-order valence-corrected chi connectivity index (χ0v) is 20.2. The number of carbonyl (C=O) groups excluding carboxylic acids is 2. The molecule has 0 spiro atoms. The van der Waals surface area contributed by atoms with Crippen molar-refractivity contribution in [2.24, 2.45) is 11.8 Å². The van der Waals surface area contributed by atoms with Crippen molar-refractivity contribution in [1.29, 1.82) is 0 Å². The van der Waals surface area contributed by atoms with E-state index in [-0.39, 0.29) is 29.6 Å². The molecule has 8 nitrogen and oxygen atoms in total. The van der Waals surface area contributed by atoms with Gasteiger partial charge in [0.2, 0.25) is 15.9 Å². The fourth-order valence-corrected chi connectivity index (χ4v) is 7.74. The zero-order chi connectivity index (χ0) is 23.9. The zero-order valence-electron chi connectivity index (χ0n) is 19.4. The normalized spacial score (nSPS) is 28.1. The van der Waals surface area contributed by atoms with Gasteiger partial charge in [-0.2, -0.15) is 0 Å². The third-order valence-electron chi connectivity index (χ3n) is 7.87. The van der Waals surface area contributed by atoms with E-state index < -0.39 is 21.6 Å². The van der Waals surface area contributed by atoms with Crippen molar-refractivity contribution in [3.05, 3.63) is 35.6 Å². The molecule has 4 aliphatic heterocycles. The van der Waals surface area contributed by atoms with E-state index in [1.807, 2.05) is 9.80 Å². The predicted octanol–water partition coefficient (Wildman–Crippen LogP) is 2.16. The van der Waals surface area contributed by atoms with Gasteiger partial charge < -0.3 is 14.7 Å². The highest BCUT2D eigenvalue weighted by Crippen LogP contribution is 2.38. The van der Waals surface area contributed by atoms with E-state index in [1.165, 1.54) is 18.2 Å². The maximum atomic E-state index is 13.9. The molecular formula is C24H33FN4O4S. The van der Waals surface area contributed by atoms with Gasteiger partial charge in [-0.25, -0.2) is 22.3 Å². The minimum Gasteiger partial charge on any atom is -0.339 e. The molecule has 1 aromatic rings. The number of hydrogen-bond donors (Lipinski definition) is 1. The highest BCUT2D eigenvalue weighted by molar-refractivity contribution is 7.88. The number of amides is 3. The number of urea groups is 1. The van der Waals surface area contributed by atoms with E-state index in [4.69, 9.17) is 0 Å². The van der Waals surface area contributed by atoms with Crippen molar-refractivity contribution in [1.82, 2.24) is 19.4 Å². The van der Waals surface area contributed by atoms with Crippen LogP contribution in [0.3, 0.4) is 0 Å². The van der Waals surface area contributed by atoms with E-state index in [0.717, 1.165) is 25.8 Å². The lowest BCUT2D eigenvalue weighted by Gasteiger charge is -2.53. The van der Waals surface area contributed by atoms with Crippen LogP contribution >= 0.6 is 0 Å². The van der Waals surface area contributed by atoms with Crippen molar-refractivity contribution < 1.29 is 22.4 Å². The summed E-state index contributed by atoms with van der Waals surface area (Å²) in [5.41, 5.74) is 0.150. The predicted molar refractivity (Wildman–Crippen MR) is 125 cm³/mol. The third kappa shape index (κ3) is 4.93. The molecule has 34 heavy (non-hydrogen) atoms. The number of halogens is 1. The lowest BCUT2D eigenvalue weighted by Crippen LogP contribution is -2.62. The van der Waals surface area contributed by atoms with Crippen LogP contribution < -0.4 is 4.72 Å². The molecule has 0 radical (unpaired) electrons. The number of nitrogens with one attached hydrogen (secondary N) is 1. The number of hydrogen-bond acceptors (Lipinski definition) is 4. The van der Waals surface area contributed by atoms with E-state index in [1.54, 1.807) is 6.07 Å². The summed E-state index contributed by atoms with van der Waals surface area (Å²) in [6.45, 7) is 3.12. The van der Waals surface area contributed by atoms with Crippen molar-refractivity contribution in [2.75, 3.05) is 32.7 Å². The van der Waals surface area contributed by atoms with Crippen LogP contribution in [-0.4, -0.2) is 79.9 Å². The van der Waals surface area contributed by atoms with Gasteiger partial charge in [0.05, 0.1) is 5.75 Å². The Kier molecular flexibility index (Phi) is 6.54. The first kappa shape index (κ1) is 23.5. The third-order valence-corrected chi connectivity index (χ3v) is 9.25. The maximum Gasteiger partial charge on any atom is 0.320 e. The van der Waals surface area contributed by atoms with Crippen LogP contribution in [0.1, 0.15) is 44.1 Å². The maximum absolute atomic E-state index is 13.9. The molecule has 0 unspecified atom stereocenters. The Bertz CT molecular complexity index is 1040. The summed E-state index contributed by atoms with van der Waals surface area (Å²) in [4.78, 5) is 31.5. The Morgan fingerprint density at radius 3 is 2.59 bits per heavy atom. The van der Waals surface area contributed by atoms with E-state index >= 15 is 0 Å². The molecule has 4 fully saturated rings. The Labute approximate surface area is 200 Å². The number of carbonyl (C=O) groups is 2. The van der Waals surface area contributed by atoms with Gasteiger partial charge in [-0.05, 0) is 50.0 Å². The second-order valence-electron chi connectivity index (χ2n) is 10.3. The molecule has 186 valence electrons. The smallest absolute Gasteiger partial charge is 0.320 e. The first-order valence-electron chi connectivity index (χ1n) is 12.4. The van der Waals surface area contributed by atoms with Gasteiger partial charge in [0, 0.05) is 56.8 Å². The molecule has 10 heteroatoms. The first-order valence-corrected chi connectivity index (χ1v) is 14.0. The molecule has 1 aromatic carbocycles. The van der Waals surface area contributed by atoms with E-state index in [0.29, 0.717) is 57.3 Å². The van der Waals surface area contributed by atoms with Crippen LogP contribution in [0, 0.1) is 17.7 Å². The fraction of sp³-hybridized carbons (Fsp3) is 0.667. The fourth-order valence-electron chi connectivity index (χ4n) is 6.27. The number of benzene rings is 1. The highest BCUT2D eigenvalue weighted by Gasteiger charge is 2.45. The summed E-state index contributed by atoms with van der Waals surface area (Å²) in [6.07, 6.45) is 4.78. The summed E-state index contributed by atoms with van der Waals surface area (Å²) < 4.78 is 41.6. The molecule has 0 aliphatic carbocycles. The number of likely N-dealkylation sites (tertiary alicyclic amines) is 2. The average molecular weight is 493 g/mol. The average Bonchev–Trinajstić information content (AvgIpc) is 2.81. The largest absolute Gasteiger partial charge is 0.339 e. The minimum atomic E-state index is -3.68. The molecule has 2 bridgehead atoms. The van der Waals surface area contributed by atoms with Gasteiger partial charge in [0.1, 0.15) is 5.82 Å². The van der Waals surface area contributed by atoms with Crippen LogP contribution in [0.2, 0.25) is 0 Å². The molecule has 0 aromatic heterocycles. The summed E-state index contributed by atoms with van der Waals surface area (Å²) in [6, 6.07) is 5.92. The van der Waals surface area contributed by atoms with Crippen LogP contribution in [0.5, 0.6) is 0 Å². The number of piperidine rings is 4. The Balaban J connectivity index is 1.14. The Morgan fingerprint density at radius 1 is 1.06 bits per heavy atom. The van der Waals surface area contributed by atoms with E-state index in [2.05, 4.69) is 9.62 Å². The van der Waals surface area contributed by atoms with Crippen LogP contribution in [0.15, 0.2) is 24.3 Å². The summed E-state index contributed by atoms with van der Waals surface area (Å²) >= 11 is 0. The number of fused-ring (bicyclic) bond motifs is 4. The number of sulfonamides is 1. The SMILES string of the molecule is O=C(N1CCC(NS(=O)(=O)Cc2ccccc2F)CC1)N1C[C@H]2C[C@H](C1)[C@H]1CCCC(=O)N1C2. The summed E-state index contributed by atoms with van der Waals surface area (Å²) in [5, 5.41) is 0. The van der Waals surface area contributed by atoms with E-state index in [9.17, 15) is 22.4 Å². The monoisotopic (exact) mass is 492 g/mol. The van der Waals surface area contributed by atoms with Crippen LogP contribution in [0.25, 0.3) is 0 Å². The van der Waals surface area contributed by atoms with Gasteiger partial charge in [0.15, 0.2) is 0 Å². The second-order valence-corrected chi connectivity index (χ2v) is 12.0. The van der Waals surface area contributed by atoms with Gasteiger partial charge in [-0.3, -0.25) is 4.79 Å². The molecule has 4 heterocycles. The van der Waals surface area contributed by atoms with Crippen molar-refractivity contribution in [3.8, 4) is 0 Å². The number of nitrogens with zero attached hydrogens (tertiary/aromatic N) is 3. The van der Waals surface area contributed by atoms with Crippen LogP contribution in [-0.2, 0) is 20.6 Å². The summed E-state index contributed by atoms with van der Waals surface area (Å²) in [7, 11) is -3.68. The molecule has 1 N–H and O–H groups in total. The number of rotatable bonds is 4. The molecule has 5 rings (SSSR count). The summed E-state index contributed by atoms with van der Waals surface area (Å²) in [5.74, 6) is 0.0356. The molecule has 4 aliphatic rings. The quantitative estimate of drug-likeness (QED) is 0.698. The topological polar surface area (TPSA) is 90.0 Å². The van der Waals surface area contributed by atoms with Gasteiger partial charge in [-0.1, -0.05) is 18.2 Å². The van der Waals surface area contributed by atoms with Gasteiger partial charge in [-0.15, -0.1) is 0 Å². The molecule has 3 atom stereocenters. The molecular weight excluding hydrogens is 459 g/mol. The Hall–Kier alpha value is -2.20. The Morgan fingerprint density at radius 2 is 1.82 bits per heavy atom. The lowest BCUT2D eigenvalue weighted by atomic mass is 9.76. The lowest BCUT2D eigenvalue weighted by molar-refractivity contribution is -0.144. The molecule has 3 amide bonds. The van der Waals surface area contributed by atoms with Gasteiger partial charge >= 0.3 is 6.03 Å². The molecule has 0 saturated carbocycles.